The van der Waals surface area contributed by atoms with E-state index in [0.717, 1.165) is 12.2 Å². The highest BCUT2D eigenvalue weighted by atomic mass is 32.1. The Morgan fingerprint density at radius 3 is 2.07 bits per heavy atom. The van der Waals surface area contributed by atoms with Crippen LogP contribution in [0.3, 0.4) is 0 Å². The lowest BCUT2D eigenvalue weighted by Crippen LogP contribution is -2.34. The minimum atomic E-state index is -0.308. The molecule has 3 N–H and O–H groups in total. The van der Waals surface area contributed by atoms with Gasteiger partial charge in [0, 0.05) is 23.9 Å². The third-order valence-electron chi connectivity index (χ3n) is 3.72. The Kier molecular flexibility index (Phi) is 7.31. The van der Waals surface area contributed by atoms with E-state index in [-0.39, 0.29) is 23.0 Å². The van der Waals surface area contributed by atoms with Crippen LogP contribution >= 0.6 is 12.2 Å². The normalized spacial score (nSPS) is 11.2. The highest BCUT2D eigenvalue weighted by Gasteiger charge is 2.09. The standard InChI is InChI=1S/C20H23N3O3S/c1-4-13(2)26-18-11-5-15(6-12-18)19(25)23-20(27)22-17-9-7-16(8-10-17)21-14(3)24/h5-13H,4H2,1-3H3,(H,21,24)(H2,22,23,25,27). The van der Waals surface area contributed by atoms with Crippen molar-refractivity contribution in [3.05, 3.63) is 54.1 Å². The molecule has 142 valence electrons. The Labute approximate surface area is 164 Å². The molecule has 0 spiro atoms. The molecule has 0 aliphatic rings. The molecule has 0 fully saturated rings. The van der Waals surface area contributed by atoms with E-state index >= 15 is 0 Å². The second-order valence-electron chi connectivity index (χ2n) is 6.03. The summed E-state index contributed by atoms with van der Waals surface area (Å²) in [5.74, 6) is 0.275. The number of hydrogen-bond acceptors (Lipinski definition) is 4. The van der Waals surface area contributed by atoms with E-state index in [1.54, 1.807) is 48.5 Å². The lowest BCUT2D eigenvalue weighted by atomic mass is 10.2. The van der Waals surface area contributed by atoms with Crippen LogP contribution in [0.2, 0.25) is 0 Å². The Morgan fingerprint density at radius 1 is 1.00 bits per heavy atom. The SMILES string of the molecule is CCC(C)Oc1ccc(C(=O)NC(=S)Nc2ccc(NC(C)=O)cc2)cc1. The van der Waals surface area contributed by atoms with Crippen molar-refractivity contribution in [1.29, 1.82) is 0 Å². The molecular formula is C20H23N3O3S. The predicted octanol–water partition coefficient (Wildman–Crippen LogP) is 3.95. The molecule has 1 atom stereocenters. The fraction of sp³-hybridized carbons (Fsp3) is 0.250. The van der Waals surface area contributed by atoms with Gasteiger partial charge < -0.3 is 15.4 Å². The average molecular weight is 385 g/mol. The maximum absolute atomic E-state index is 12.3. The number of rotatable bonds is 6. The van der Waals surface area contributed by atoms with Crippen LogP contribution in [0.4, 0.5) is 11.4 Å². The van der Waals surface area contributed by atoms with Crippen molar-refractivity contribution in [2.45, 2.75) is 33.3 Å². The number of carbonyl (C=O) groups excluding carboxylic acids is 2. The maximum atomic E-state index is 12.3. The molecule has 7 heteroatoms. The predicted molar refractivity (Wildman–Crippen MR) is 111 cm³/mol. The monoisotopic (exact) mass is 385 g/mol. The summed E-state index contributed by atoms with van der Waals surface area (Å²) in [5, 5.41) is 8.43. The number of ether oxygens (including phenoxy) is 1. The van der Waals surface area contributed by atoms with Gasteiger partial charge in [0.15, 0.2) is 5.11 Å². The molecule has 6 nitrogen and oxygen atoms in total. The highest BCUT2D eigenvalue weighted by molar-refractivity contribution is 7.80. The summed E-state index contributed by atoms with van der Waals surface area (Å²) in [6, 6.07) is 13.9. The summed E-state index contributed by atoms with van der Waals surface area (Å²) < 4.78 is 5.70. The first-order valence-electron chi connectivity index (χ1n) is 8.64. The molecule has 2 aromatic carbocycles. The lowest BCUT2D eigenvalue weighted by molar-refractivity contribution is -0.114. The van der Waals surface area contributed by atoms with Crippen molar-refractivity contribution < 1.29 is 14.3 Å². The zero-order chi connectivity index (χ0) is 19.8. The van der Waals surface area contributed by atoms with Crippen molar-refractivity contribution in [2.75, 3.05) is 10.6 Å². The van der Waals surface area contributed by atoms with E-state index in [4.69, 9.17) is 17.0 Å². The van der Waals surface area contributed by atoms with Gasteiger partial charge in [-0.05, 0) is 74.1 Å². The van der Waals surface area contributed by atoms with Crippen LogP contribution in [-0.2, 0) is 4.79 Å². The number of amides is 2. The van der Waals surface area contributed by atoms with Gasteiger partial charge in [0.05, 0.1) is 6.10 Å². The zero-order valence-electron chi connectivity index (χ0n) is 15.5. The Bertz CT molecular complexity index is 804. The Hall–Kier alpha value is -2.93. The molecule has 0 saturated carbocycles. The Balaban J connectivity index is 1.89. The molecule has 2 aromatic rings. The average Bonchev–Trinajstić information content (AvgIpc) is 2.63. The maximum Gasteiger partial charge on any atom is 0.257 e. The van der Waals surface area contributed by atoms with Crippen molar-refractivity contribution in [1.82, 2.24) is 5.32 Å². The van der Waals surface area contributed by atoms with Gasteiger partial charge >= 0.3 is 0 Å². The van der Waals surface area contributed by atoms with Gasteiger partial charge in [-0.25, -0.2) is 0 Å². The van der Waals surface area contributed by atoms with Gasteiger partial charge in [-0.3, -0.25) is 14.9 Å². The van der Waals surface area contributed by atoms with E-state index in [0.29, 0.717) is 16.9 Å². The molecule has 0 aromatic heterocycles. The third-order valence-corrected chi connectivity index (χ3v) is 3.92. The molecule has 2 rings (SSSR count). The quantitative estimate of drug-likeness (QED) is 0.656. The van der Waals surface area contributed by atoms with Gasteiger partial charge in [-0.1, -0.05) is 6.92 Å². The van der Waals surface area contributed by atoms with Crippen LogP contribution in [0.5, 0.6) is 5.75 Å². The minimum absolute atomic E-state index is 0.124. The third kappa shape index (κ3) is 6.71. The van der Waals surface area contributed by atoms with Gasteiger partial charge in [0.25, 0.3) is 5.91 Å². The molecule has 0 radical (unpaired) electrons. The number of nitrogens with one attached hydrogen (secondary N) is 3. The molecule has 0 heterocycles. The van der Waals surface area contributed by atoms with Crippen molar-refractivity contribution in [3.63, 3.8) is 0 Å². The first-order valence-corrected chi connectivity index (χ1v) is 9.05. The lowest BCUT2D eigenvalue weighted by Gasteiger charge is -2.13. The molecular weight excluding hydrogens is 362 g/mol. The van der Waals surface area contributed by atoms with Crippen LogP contribution < -0.4 is 20.7 Å². The summed E-state index contributed by atoms with van der Waals surface area (Å²) >= 11 is 5.18. The first-order chi connectivity index (χ1) is 12.9. The number of anilines is 2. The molecule has 2 amide bonds. The van der Waals surface area contributed by atoms with Gasteiger partial charge in [0.2, 0.25) is 5.91 Å². The summed E-state index contributed by atoms with van der Waals surface area (Å²) in [6.45, 7) is 5.49. The first kappa shape index (κ1) is 20.4. The topological polar surface area (TPSA) is 79.5 Å². The van der Waals surface area contributed by atoms with Crippen LogP contribution in [0.1, 0.15) is 37.6 Å². The van der Waals surface area contributed by atoms with Gasteiger partial charge in [-0.15, -0.1) is 0 Å². The van der Waals surface area contributed by atoms with E-state index in [1.807, 2.05) is 13.8 Å². The van der Waals surface area contributed by atoms with Crippen molar-refractivity contribution >= 4 is 40.5 Å². The molecule has 0 saturated heterocycles. The largest absolute Gasteiger partial charge is 0.491 e. The van der Waals surface area contributed by atoms with E-state index in [9.17, 15) is 9.59 Å². The van der Waals surface area contributed by atoms with Crippen LogP contribution in [-0.4, -0.2) is 23.0 Å². The van der Waals surface area contributed by atoms with Crippen LogP contribution in [0, 0.1) is 0 Å². The van der Waals surface area contributed by atoms with Gasteiger partial charge in [0.1, 0.15) is 5.75 Å². The molecule has 27 heavy (non-hydrogen) atoms. The summed E-state index contributed by atoms with van der Waals surface area (Å²) in [7, 11) is 0. The minimum Gasteiger partial charge on any atom is -0.491 e. The highest BCUT2D eigenvalue weighted by Crippen LogP contribution is 2.15. The zero-order valence-corrected chi connectivity index (χ0v) is 16.4. The van der Waals surface area contributed by atoms with Crippen molar-refractivity contribution in [2.24, 2.45) is 0 Å². The second-order valence-corrected chi connectivity index (χ2v) is 6.44. The smallest absolute Gasteiger partial charge is 0.257 e. The molecule has 0 aliphatic heterocycles. The van der Waals surface area contributed by atoms with Crippen molar-refractivity contribution in [3.8, 4) is 5.75 Å². The van der Waals surface area contributed by atoms with E-state index < -0.39 is 0 Å². The number of thiocarbonyl (C=S) groups is 1. The number of benzene rings is 2. The second kappa shape index (κ2) is 9.68. The molecule has 0 aliphatic carbocycles. The summed E-state index contributed by atoms with van der Waals surface area (Å²) in [6.07, 6.45) is 1.03. The molecule has 1 unspecified atom stereocenters. The van der Waals surface area contributed by atoms with E-state index in [1.165, 1.54) is 6.92 Å². The van der Waals surface area contributed by atoms with Gasteiger partial charge in [-0.2, -0.15) is 0 Å². The Morgan fingerprint density at radius 2 is 1.56 bits per heavy atom. The number of carbonyl (C=O) groups is 2. The van der Waals surface area contributed by atoms with E-state index in [2.05, 4.69) is 16.0 Å². The van der Waals surface area contributed by atoms with Crippen LogP contribution in [0.25, 0.3) is 0 Å². The summed E-state index contributed by atoms with van der Waals surface area (Å²) in [5.41, 5.74) is 1.87. The fourth-order valence-corrected chi connectivity index (χ4v) is 2.39. The number of hydrogen-bond donors (Lipinski definition) is 3. The fourth-order valence-electron chi connectivity index (χ4n) is 2.18. The molecule has 0 bridgehead atoms. The van der Waals surface area contributed by atoms with Crippen LogP contribution in [0.15, 0.2) is 48.5 Å². The summed E-state index contributed by atoms with van der Waals surface area (Å²) in [4.78, 5) is 23.3.